The summed E-state index contributed by atoms with van der Waals surface area (Å²) in [6.07, 6.45) is 0. The van der Waals surface area contributed by atoms with Gasteiger partial charge in [0.2, 0.25) is 0 Å². The molecule has 0 aliphatic rings. The highest BCUT2D eigenvalue weighted by atomic mass is 15.3. The molecule has 0 unspecified atom stereocenters. The molecular weight excluding hydrogens is 234 g/mol. The van der Waals surface area contributed by atoms with Crippen LogP contribution >= 0.6 is 0 Å². The second kappa shape index (κ2) is 6.02. The Bertz CT molecular complexity index is 523. The van der Waals surface area contributed by atoms with Crippen LogP contribution in [0.3, 0.4) is 0 Å². The van der Waals surface area contributed by atoms with Gasteiger partial charge < -0.3 is 5.32 Å². The first kappa shape index (κ1) is 13.8. The van der Waals surface area contributed by atoms with Crippen LogP contribution in [-0.2, 0) is 6.54 Å². The van der Waals surface area contributed by atoms with Crippen molar-refractivity contribution in [2.45, 2.75) is 34.2 Å². The lowest BCUT2D eigenvalue weighted by Crippen LogP contribution is -2.18. The minimum absolute atomic E-state index is 0.689. The molecule has 1 N–H and O–H groups in total. The van der Waals surface area contributed by atoms with Gasteiger partial charge in [0.1, 0.15) is 0 Å². The molecule has 1 heterocycles. The fourth-order valence-electron chi connectivity index (χ4n) is 2.15. The maximum atomic E-state index is 4.50. The van der Waals surface area contributed by atoms with E-state index in [4.69, 9.17) is 0 Å². The average Bonchev–Trinajstić information content (AvgIpc) is 2.69. The van der Waals surface area contributed by atoms with Gasteiger partial charge in [0.05, 0.1) is 11.4 Å². The van der Waals surface area contributed by atoms with Crippen molar-refractivity contribution in [3.8, 4) is 5.69 Å². The number of aryl methyl sites for hydroxylation is 2. The van der Waals surface area contributed by atoms with Gasteiger partial charge in [0.15, 0.2) is 0 Å². The fraction of sp³-hybridized carbons (Fsp3) is 0.438. The number of nitrogens with zero attached hydrogens (tertiary/aromatic N) is 2. The lowest BCUT2D eigenvalue weighted by molar-refractivity contribution is 0.552. The van der Waals surface area contributed by atoms with Crippen molar-refractivity contribution < 1.29 is 0 Å². The third-order valence-electron chi connectivity index (χ3n) is 3.07. The van der Waals surface area contributed by atoms with Gasteiger partial charge >= 0.3 is 0 Å². The van der Waals surface area contributed by atoms with E-state index in [1.807, 2.05) is 11.6 Å². The largest absolute Gasteiger partial charge is 0.312 e. The maximum absolute atomic E-state index is 4.50. The molecule has 0 atom stereocenters. The second-order valence-corrected chi connectivity index (χ2v) is 5.53. The quantitative estimate of drug-likeness (QED) is 0.891. The van der Waals surface area contributed by atoms with Gasteiger partial charge in [-0.3, -0.25) is 0 Å². The summed E-state index contributed by atoms with van der Waals surface area (Å²) in [4.78, 5) is 0. The summed E-state index contributed by atoms with van der Waals surface area (Å²) in [7, 11) is 0. The molecule has 0 aliphatic carbocycles. The summed E-state index contributed by atoms with van der Waals surface area (Å²) < 4.78 is 1.99. The molecule has 2 aromatic rings. The van der Waals surface area contributed by atoms with Crippen LogP contribution in [-0.4, -0.2) is 16.3 Å². The summed E-state index contributed by atoms with van der Waals surface area (Å²) >= 11 is 0. The topological polar surface area (TPSA) is 29.9 Å². The molecule has 0 saturated carbocycles. The second-order valence-electron chi connectivity index (χ2n) is 5.53. The summed E-state index contributed by atoms with van der Waals surface area (Å²) in [6.45, 7) is 10.5. The molecule has 3 heteroatoms. The number of hydrogen-bond donors (Lipinski definition) is 1. The molecule has 19 heavy (non-hydrogen) atoms. The third kappa shape index (κ3) is 3.67. The van der Waals surface area contributed by atoms with Gasteiger partial charge in [-0.25, -0.2) is 4.68 Å². The molecule has 1 aromatic carbocycles. The summed E-state index contributed by atoms with van der Waals surface area (Å²) in [6, 6.07) is 10.7. The van der Waals surface area contributed by atoms with Crippen molar-refractivity contribution in [3.05, 3.63) is 47.3 Å². The van der Waals surface area contributed by atoms with Crippen LogP contribution in [0.1, 0.15) is 30.8 Å². The van der Waals surface area contributed by atoms with Gasteiger partial charge in [0.25, 0.3) is 0 Å². The Morgan fingerprint density at radius 2 is 1.84 bits per heavy atom. The number of rotatable bonds is 5. The van der Waals surface area contributed by atoms with E-state index in [1.54, 1.807) is 0 Å². The van der Waals surface area contributed by atoms with E-state index in [-0.39, 0.29) is 0 Å². The van der Waals surface area contributed by atoms with Crippen molar-refractivity contribution >= 4 is 0 Å². The van der Waals surface area contributed by atoms with Crippen molar-refractivity contribution in [1.82, 2.24) is 15.1 Å². The Labute approximate surface area is 115 Å². The Morgan fingerprint density at radius 3 is 2.37 bits per heavy atom. The first-order chi connectivity index (χ1) is 9.06. The van der Waals surface area contributed by atoms with Crippen LogP contribution in [0, 0.1) is 19.8 Å². The predicted octanol–water partition coefficient (Wildman–Crippen LogP) is 3.23. The molecule has 0 spiro atoms. The summed E-state index contributed by atoms with van der Waals surface area (Å²) in [5, 5.41) is 7.95. The fourth-order valence-corrected chi connectivity index (χ4v) is 2.15. The van der Waals surface area contributed by atoms with Crippen LogP contribution in [0.25, 0.3) is 5.69 Å². The highest BCUT2D eigenvalue weighted by molar-refractivity contribution is 5.35. The standard InChI is InChI=1S/C16H23N3/c1-12(2)10-17-11-15-5-7-16(8-6-15)19-14(4)9-13(3)18-19/h5-9,12,17H,10-11H2,1-4H3. The number of benzene rings is 1. The van der Waals surface area contributed by atoms with Crippen LogP contribution in [0.5, 0.6) is 0 Å². The Hall–Kier alpha value is -1.61. The Kier molecular flexibility index (Phi) is 4.38. The average molecular weight is 257 g/mol. The van der Waals surface area contributed by atoms with Gasteiger partial charge in [-0.05, 0) is 50.1 Å². The molecular formula is C16H23N3. The molecule has 0 saturated heterocycles. The van der Waals surface area contributed by atoms with E-state index in [9.17, 15) is 0 Å². The zero-order valence-electron chi connectivity index (χ0n) is 12.3. The zero-order valence-corrected chi connectivity index (χ0v) is 12.3. The zero-order chi connectivity index (χ0) is 13.8. The van der Waals surface area contributed by atoms with Crippen LogP contribution in [0.2, 0.25) is 0 Å². The van der Waals surface area contributed by atoms with Gasteiger partial charge in [-0.15, -0.1) is 0 Å². The van der Waals surface area contributed by atoms with Crippen LogP contribution in [0.4, 0.5) is 0 Å². The minimum Gasteiger partial charge on any atom is -0.312 e. The predicted molar refractivity (Wildman–Crippen MR) is 79.6 cm³/mol. The molecule has 2 rings (SSSR count). The van der Waals surface area contributed by atoms with E-state index in [1.165, 1.54) is 11.3 Å². The van der Waals surface area contributed by atoms with E-state index < -0.39 is 0 Å². The number of nitrogens with one attached hydrogen (secondary N) is 1. The molecule has 0 bridgehead atoms. The lowest BCUT2D eigenvalue weighted by atomic mass is 10.2. The van der Waals surface area contributed by atoms with Gasteiger partial charge in [-0.1, -0.05) is 26.0 Å². The Balaban J connectivity index is 2.04. The summed E-state index contributed by atoms with van der Waals surface area (Å²) in [5.74, 6) is 0.689. The highest BCUT2D eigenvalue weighted by Crippen LogP contribution is 2.13. The van der Waals surface area contributed by atoms with E-state index >= 15 is 0 Å². The Morgan fingerprint density at radius 1 is 1.16 bits per heavy atom. The first-order valence-electron chi connectivity index (χ1n) is 6.89. The molecule has 3 nitrogen and oxygen atoms in total. The maximum Gasteiger partial charge on any atom is 0.0648 e. The minimum atomic E-state index is 0.689. The van der Waals surface area contributed by atoms with Crippen molar-refractivity contribution in [1.29, 1.82) is 0 Å². The first-order valence-corrected chi connectivity index (χ1v) is 6.89. The van der Waals surface area contributed by atoms with E-state index in [0.717, 1.165) is 24.5 Å². The molecule has 0 amide bonds. The van der Waals surface area contributed by atoms with E-state index in [0.29, 0.717) is 5.92 Å². The molecule has 0 radical (unpaired) electrons. The molecule has 0 aliphatic heterocycles. The van der Waals surface area contributed by atoms with Crippen molar-refractivity contribution in [3.63, 3.8) is 0 Å². The third-order valence-corrected chi connectivity index (χ3v) is 3.07. The molecule has 1 aromatic heterocycles. The smallest absolute Gasteiger partial charge is 0.0648 e. The van der Waals surface area contributed by atoms with Gasteiger partial charge in [0, 0.05) is 12.2 Å². The monoisotopic (exact) mass is 257 g/mol. The van der Waals surface area contributed by atoms with Crippen molar-refractivity contribution in [2.24, 2.45) is 5.92 Å². The van der Waals surface area contributed by atoms with E-state index in [2.05, 4.69) is 61.5 Å². The van der Waals surface area contributed by atoms with Gasteiger partial charge in [-0.2, -0.15) is 5.10 Å². The SMILES string of the molecule is Cc1cc(C)n(-c2ccc(CNCC(C)C)cc2)n1. The lowest BCUT2D eigenvalue weighted by Gasteiger charge is -2.09. The molecule has 0 fully saturated rings. The van der Waals surface area contributed by atoms with Crippen LogP contribution in [0.15, 0.2) is 30.3 Å². The summed E-state index contributed by atoms with van der Waals surface area (Å²) in [5.41, 5.74) is 4.66. The molecule has 102 valence electrons. The van der Waals surface area contributed by atoms with Crippen LogP contribution < -0.4 is 5.32 Å². The highest BCUT2D eigenvalue weighted by Gasteiger charge is 2.03. The number of aromatic nitrogens is 2. The number of hydrogen-bond acceptors (Lipinski definition) is 2. The normalized spacial score (nSPS) is 11.2. The van der Waals surface area contributed by atoms with Crippen molar-refractivity contribution in [2.75, 3.05) is 6.54 Å².